The number of carbonyl (C=O) groups excluding carboxylic acids is 1. The van der Waals surface area contributed by atoms with Gasteiger partial charge in [0.2, 0.25) is 5.91 Å². The van der Waals surface area contributed by atoms with Crippen LogP contribution in [0.5, 0.6) is 0 Å². The van der Waals surface area contributed by atoms with E-state index in [4.69, 9.17) is 9.84 Å². The molecule has 2 rings (SSSR count). The Labute approximate surface area is 153 Å². The summed E-state index contributed by atoms with van der Waals surface area (Å²) in [5, 5.41) is 10.9. The molecule has 1 aromatic heterocycles. The number of carbonyl (C=O) groups is 2. The van der Waals surface area contributed by atoms with Gasteiger partial charge < -0.3 is 14.7 Å². The molecule has 0 aromatic carbocycles. The van der Waals surface area contributed by atoms with Gasteiger partial charge >= 0.3 is 5.97 Å². The number of rotatable bonds is 10. The smallest absolute Gasteiger partial charge is 0.317 e. The highest BCUT2D eigenvalue weighted by atomic mass is 32.1. The van der Waals surface area contributed by atoms with E-state index in [2.05, 4.69) is 17.5 Å². The Bertz CT molecular complexity index is 535. The predicted octanol–water partition coefficient (Wildman–Crippen LogP) is 2.09. The number of morpholine rings is 1. The molecular weight excluding hydrogens is 340 g/mol. The molecule has 0 bridgehead atoms. The van der Waals surface area contributed by atoms with Crippen molar-refractivity contribution in [1.29, 1.82) is 0 Å². The number of unbranched alkanes of at least 4 members (excludes halogenated alkanes) is 2. The lowest BCUT2D eigenvalue weighted by Crippen LogP contribution is -2.49. The van der Waals surface area contributed by atoms with Crippen LogP contribution in [0.1, 0.15) is 30.6 Å². The highest BCUT2D eigenvalue weighted by molar-refractivity contribution is 7.09. The highest BCUT2D eigenvalue weighted by Crippen LogP contribution is 2.14. The lowest BCUT2D eigenvalue weighted by atomic mass is 10.1. The molecule has 1 saturated heterocycles. The first kappa shape index (κ1) is 19.9. The first-order chi connectivity index (χ1) is 12.0. The largest absolute Gasteiger partial charge is 0.480 e. The second-order valence-corrected chi connectivity index (χ2v) is 7.60. The van der Waals surface area contributed by atoms with Crippen LogP contribution in [-0.2, 0) is 20.7 Å². The van der Waals surface area contributed by atoms with Gasteiger partial charge in [0.1, 0.15) is 0 Å². The molecule has 6 nitrogen and oxygen atoms in total. The van der Waals surface area contributed by atoms with Crippen molar-refractivity contribution in [3.05, 3.63) is 22.4 Å². The van der Waals surface area contributed by atoms with Crippen LogP contribution >= 0.6 is 11.3 Å². The molecule has 0 spiro atoms. The molecule has 1 unspecified atom stereocenters. The standard InChI is InChI=1S/C18H28N2O4S/c1-19(14-18(22)23)12-15-13-20(9-10-24-15)17(21)8-4-2-3-6-16-7-5-11-25-16/h5,7,11,15H,2-4,6,8-10,12-14H2,1H3,(H,22,23). The lowest BCUT2D eigenvalue weighted by Gasteiger charge is -2.34. The summed E-state index contributed by atoms with van der Waals surface area (Å²) in [6, 6.07) is 4.23. The Kier molecular flexibility index (Phi) is 8.37. The zero-order chi connectivity index (χ0) is 18.1. The number of likely N-dealkylation sites (N-methyl/N-ethyl adjacent to an activating group) is 1. The van der Waals surface area contributed by atoms with Crippen molar-refractivity contribution in [3.63, 3.8) is 0 Å². The molecular formula is C18H28N2O4S. The molecule has 2 heterocycles. The molecule has 1 aromatic rings. The van der Waals surface area contributed by atoms with Crippen LogP contribution in [0, 0.1) is 0 Å². The number of carboxylic acid groups (broad SMARTS) is 1. The molecule has 25 heavy (non-hydrogen) atoms. The Morgan fingerprint density at radius 1 is 1.40 bits per heavy atom. The lowest BCUT2D eigenvalue weighted by molar-refractivity contribution is -0.142. The molecule has 1 aliphatic rings. The number of aryl methyl sites for hydroxylation is 1. The van der Waals surface area contributed by atoms with Gasteiger partial charge in [-0.25, -0.2) is 0 Å². The number of hydrogen-bond acceptors (Lipinski definition) is 5. The highest BCUT2D eigenvalue weighted by Gasteiger charge is 2.25. The minimum Gasteiger partial charge on any atom is -0.480 e. The first-order valence-electron chi connectivity index (χ1n) is 8.86. The SMILES string of the molecule is CN(CC(=O)O)CC1CN(C(=O)CCCCCc2cccs2)CCO1. The number of hydrogen-bond donors (Lipinski definition) is 1. The van der Waals surface area contributed by atoms with Crippen LogP contribution in [0.2, 0.25) is 0 Å². The Hall–Kier alpha value is -1.44. The first-order valence-corrected chi connectivity index (χ1v) is 9.74. The normalized spacial score (nSPS) is 17.8. The molecule has 1 N–H and O–H groups in total. The van der Waals surface area contributed by atoms with E-state index in [1.165, 1.54) is 4.88 Å². The summed E-state index contributed by atoms with van der Waals surface area (Å²) >= 11 is 1.79. The summed E-state index contributed by atoms with van der Waals surface area (Å²) in [7, 11) is 1.76. The third-order valence-electron chi connectivity index (χ3n) is 4.31. The van der Waals surface area contributed by atoms with Crippen molar-refractivity contribution in [1.82, 2.24) is 9.80 Å². The van der Waals surface area contributed by atoms with Crippen LogP contribution in [0.4, 0.5) is 0 Å². The van der Waals surface area contributed by atoms with E-state index >= 15 is 0 Å². The summed E-state index contributed by atoms with van der Waals surface area (Å²) < 4.78 is 5.67. The van der Waals surface area contributed by atoms with Crippen LogP contribution in [0.3, 0.4) is 0 Å². The van der Waals surface area contributed by atoms with Crippen LogP contribution < -0.4 is 0 Å². The second-order valence-electron chi connectivity index (χ2n) is 6.56. The zero-order valence-corrected chi connectivity index (χ0v) is 15.7. The van der Waals surface area contributed by atoms with E-state index < -0.39 is 5.97 Å². The van der Waals surface area contributed by atoms with Gasteiger partial charge in [0.25, 0.3) is 0 Å². The van der Waals surface area contributed by atoms with Crippen LogP contribution in [0.25, 0.3) is 0 Å². The molecule has 1 atom stereocenters. The van der Waals surface area contributed by atoms with E-state index in [0.29, 0.717) is 32.7 Å². The molecule has 0 aliphatic carbocycles. The molecule has 0 saturated carbocycles. The number of nitrogens with zero attached hydrogens (tertiary/aromatic N) is 2. The Morgan fingerprint density at radius 2 is 2.24 bits per heavy atom. The van der Waals surface area contributed by atoms with Crippen LogP contribution in [-0.4, -0.2) is 72.7 Å². The predicted molar refractivity (Wildman–Crippen MR) is 97.9 cm³/mol. The quantitative estimate of drug-likeness (QED) is 0.641. The Balaban J connectivity index is 1.62. The summed E-state index contributed by atoms with van der Waals surface area (Å²) in [6.45, 7) is 2.22. The van der Waals surface area contributed by atoms with Crippen molar-refractivity contribution >= 4 is 23.2 Å². The zero-order valence-electron chi connectivity index (χ0n) is 14.9. The Morgan fingerprint density at radius 3 is 2.96 bits per heavy atom. The summed E-state index contributed by atoms with van der Waals surface area (Å²) in [4.78, 5) is 28.1. The number of amides is 1. The van der Waals surface area contributed by atoms with E-state index in [0.717, 1.165) is 25.7 Å². The fraction of sp³-hybridized carbons (Fsp3) is 0.667. The maximum Gasteiger partial charge on any atom is 0.317 e. The number of thiophene rings is 1. The number of carboxylic acids is 1. The number of ether oxygens (including phenoxy) is 1. The van der Waals surface area contributed by atoms with E-state index in [9.17, 15) is 9.59 Å². The maximum atomic E-state index is 12.4. The maximum absolute atomic E-state index is 12.4. The van der Waals surface area contributed by atoms with E-state index in [-0.39, 0.29) is 18.6 Å². The average molecular weight is 368 g/mol. The van der Waals surface area contributed by atoms with Crippen molar-refractivity contribution in [2.75, 3.05) is 39.8 Å². The van der Waals surface area contributed by atoms with Gasteiger partial charge in [0.05, 0.1) is 19.3 Å². The molecule has 7 heteroatoms. The summed E-state index contributed by atoms with van der Waals surface area (Å²) in [6.07, 6.45) is 4.69. The molecule has 0 radical (unpaired) electrons. The fourth-order valence-electron chi connectivity index (χ4n) is 3.06. The molecule has 1 amide bonds. The monoisotopic (exact) mass is 368 g/mol. The second kappa shape index (κ2) is 10.5. The summed E-state index contributed by atoms with van der Waals surface area (Å²) in [5.41, 5.74) is 0. The summed E-state index contributed by atoms with van der Waals surface area (Å²) in [5.74, 6) is -0.667. The molecule has 1 aliphatic heterocycles. The van der Waals surface area contributed by atoms with Crippen LogP contribution in [0.15, 0.2) is 17.5 Å². The minimum absolute atomic E-state index is 0.0158. The molecule has 140 valence electrons. The van der Waals surface area contributed by atoms with Crippen molar-refractivity contribution in [2.24, 2.45) is 0 Å². The van der Waals surface area contributed by atoms with Gasteiger partial charge in [-0.2, -0.15) is 0 Å². The fourth-order valence-corrected chi connectivity index (χ4v) is 3.82. The van der Waals surface area contributed by atoms with Gasteiger partial charge in [0.15, 0.2) is 0 Å². The average Bonchev–Trinajstić information content (AvgIpc) is 3.07. The van der Waals surface area contributed by atoms with E-state index in [1.54, 1.807) is 23.3 Å². The molecule has 1 fully saturated rings. The van der Waals surface area contributed by atoms with Gasteiger partial charge in [-0.1, -0.05) is 12.5 Å². The van der Waals surface area contributed by atoms with Crippen molar-refractivity contribution in [2.45, 2.75) is 38.2 Å². The minimum atomic E-state index is -0.853. The number of aliphatic carboxylic acids is 1. The van der Waals surface area contributed by atoms with Gasteiger partial charge in [-0.05, 0) is 37.8 Å². The van der Waals surface area contributed by atoms with Crippen molar-refractivity contribution < 1.29 is 19.4 Å². The third-order valence-corrected chi connectivity index (χ3v) is 5.24. The third kappa shape index (κ3) is 7.54. The van der Waals surface area contributed by atoms with Gasteiger partial charge in [-0.3, -0.25) is 14.5 Å². The topological polar surface area (TPSA) is 70.1 Å². The van der Waals surface area contributed by atoms with Crippen molar-refractivity contribution in [3.8, 4) is 0 Å². The van der Waals surface area contributed by atoms with Gasteiger partial charge in [0, 0.05) is 30.9 Å². The van der Waals surface area contributed by atoms with E-state index in [1.807, 2.05) is 4.90 Å². The van der Waals surface area contributed by atoms with Gasteiger partial charge in [-0.15, -0.1) is 11.3 Å².